The van der Waals surface area contributed by atoms with Crippen LogP contribution in [0.3, 0.4) is 0 Å². The highest BCUT2D eigenvalue weighted by Gasteiger charge is 2.25. The average molecular weight is 593 g/mol. The molecule has 0 aromatic heterocycles. The molecule has 0 radical (unpaired) electrons. The molecule has 0 N–H and O–H groups in total. The van der Waals surface area contributed by atoms with Gasteiger partial charge in [0.25, 0.3) is 0 Å². The first-order valence-corrected chi connectivity index (χ1v) is 15.7. The fourth-order valence-electron chi connectivity index (χ4n) is 6.19. The van der Waals surface area contributed by atoms with E-state index in [1.165, 1.54) is 86.2 Å². The summed E-state index contributed by atoms with van der Waals surface area (Å²) in [7, 11) is 1.72. The zero-order valence-corrected chi connectivity index (χ0v) is 26.3. The van der Waals surface area contributed by atoms with E-state index < -0.39 is 0 Å². The quantitative estimate of drug-likeness (QED) is 0.145. The smallest absolute Gasteiger partial charge is 0.333 e. The first kappa shape index (κ1) is 30.3. The SMILES string of the molecule is C=C(C)C(=O)OCc1ccc2c(c1)CC2OC.C=Cc1ccc2c3c(ccc2c1)CC3.C=Cc1ccc2cc3c(cc2c1)CC3. The minimum absolute atomic E-state index is 0.233. The number of rotatable bonds is 6. The highest BCUT2D eigenvalue weighted by atomic mass is 16.5. The van der Waals surface area contributed by atoms with Crippen LogP contribution >= 0.6 is 0 Å². The lowest BCUT2D eigenvalue weighted by molar-refractivity contribution is -0.140. The number of hydrogen-bond acceptors (Lipinski definition) is 3. The van der Waals surface area contributed by atoms with E-state index in [1.54, 1.807) is 19.6 Å². The van der Waals surface area contributed by atoms with E-state index >= 15 is 0 Å². The average Bonchev–Trinajstić information content (AvgIpc) is 3.02. The van der Waals surface area contributed by atoms with Gasteiger partial charge in [0.1, 0.15) is 6.61 Å². The third kappa shape index (κ3) is 6.41. The number of fused-ring (bicyclic) bond motifs is 6. The molecule has 0 amide bonds. The summed E-state index contributed by atoms with van der Waals surface area (Å²) < 4.78 is 10.4. The number of methoxy groups -OCH3 is 1. The number of hydrogen-bond donors (Lipinski definition) is 0. The number of ether oxygens (including phenoxy) is 2. The van der Waals surface area contributed by atoms with Crippen molar-refractivity contribution < 1.29 is 14.3 Å². The van der Waals surface area contributed by atoms with Crippen molar-refractivity contribution in [3.05, 3.63) is 154 Å². The number of benzene rings is 5. The van der Waals surface area contributed by atoms with Crippen molar-refractivity contribution in [2.45, 2.75) is 51.7 Å². The summed E-state index contributed by atoms with van der Waals surface area (Å²) >= 11 is 0. The molecule has 0 heterocycles. The van der Waals surface area contributed by atoms with Gasteiger partial charge in [0.15, 0.2) is 0 Å². The van der Waals surface area contributed by atoms with E-state index in [-0.39, 0.29) is 12.1 Å². The highest BCUT2D eigenvalue weighted by molar-refractivity contribution is 5.90. The molecular formula is C42H40O3. The zero-order valence-electron chi connectivity index (χ0n) is 26.3. The molecule has 0 aliphatic heterocycles. The van der Waals surface area contributed by atoms with Crippen LogP contribution in [0.5, 0.6) is 0 Å². The van der Waals surface area contributed by atoms with E-state index in [2.05, 4.69) is 86.5 Å². The first-order valence-electron chi connectivity index (χ1n) is 15.7. The van der Waals surface area contributed by atoms with Gasteiger partial charge in [0.2, 0.25) is 0 Å². The first-order chi connectivity index (χ1) is 21.9. The van der Waals surface area contributed by atoms with Crippen LogP contribution in [0, 0.1) is 0 Å². The Morgan fingerprint density at radius 2 is 1.42 bits per heavy atom. The lowest BCUT2D eigenvalue weighted by Crippen LogP contribution is -2.19. The summed E-state index contributed by atoms with van der Waals surface area (Å²) in [4.78, 5) is 11.2. The van der Waals surface area contributed by atoms with Gasteiger partial charge in [-0.15, -0.1) is 0 Å². The van der Waals surface area contributed by atoms with Gasteiger partial charge in [-0.1, -0.05) is 98.6 Å². The monoisotopic (exact) mass is 592 g/mol. The number of esters is 1. The van der Waals surface area contributed by atoms with Crippen molar-refractivity contribution >= 4 is 39.7 Å². The van der Waals surface area contributed by atoms with Gasteiger partial charge in [-0.2, -0.15) is 0 Å². The van der Waals surface area contributed by atoms with Crippen LogP contribution in [0.25, 0.3) is 33.7 Å². The number of aryl methyl sites for hydroxylation is 4. The summed E-state index contributed by atoms with van der Waals surface area (Å²) in [5.41, 5.74) is 12.5. The van der Waals surface area contributed by atoms with Crippen molar-refractivity contribution in [1.29, 1.82) is 0 Å². The van der Waals surface area contributed by atoms with Crippen molar-refractivity contribution in [2.24, 2.45) is 0 Å². The number of carbonyl (C=O) groups is 1. The van der Waals surface area contributed by atoms with Gasteiger partial charge in [0, 0.05) is 19.1 Å². The molecule has 45 heavy (non-hydrogen) atoms. The minimum Gasteiger partial charge on any atom is -0.457 e. The van der Waals surface area contributed by atoms with Crippen molar-refractivity contribution in [2.75, 3.05) is 7.11 Å². The molecule has 3 nitrogen and oxygen atoms in total. The predicted molar refractivity (Wildman–Crippen MR) is 187 cm³/mol. The zero-order chi connectivity index (χ0) is 31.5. The molecule has 1 unspecified atom stereocenters. The lowest BCUT2D eigenvalue weighted by Gasteiger charge is -2.29. The maximum atomic E-state index is 11.2. The Morgan fingerprint density at radius 1 is 0.756 bits per heavy atom. The molecule has 3 aliphatic rings. The van der Waals surface area contributed by atoms with Gasteiger partial charge in [-0.25, -0.2) is 4.79 Å². The van der Waals surface area contributed by atoms with E-state index in [4.69, 9.17) is 9.47 Å². The maximum Gasteiger partial charge on any atom is 0.333 e. The molecular weight excluding hydrogens is 552 g/mol. The largest absolute Gasteiger partial charge is 0.457 e. The predicted octanol–water partition coefficient (Wildman–Crippen LogP) is 9.71. The molecule has 0 bridgehead atoms. The minimum atomic E-state index is -0.345. The molecule has 0 saturated heterocycles. The summed E-state index contributed by atoms with van der Waals surface area (Å²) in [5.74, 6) is -0.345. The Kier molecular flexibility index (Phi) is 8.82. The molecule has 3 heteroatoms. The van der Waals surface area contributed by atoms with Crippen molar-refractivity contribution in [3.8, 4) is 0 Å². The third-order valence-corrected chi connectivity index (χ3v) is 9.18. The van der Waals surface area contributed by atoms with Crippen molar-refractivity contribution in [1.82, 2.24) is 0 Å². The van der Waals surface area contributed by atoms with Crippen LogP contribution < -0.4 is 0 Å². The summed E-state index contributed by atoms with van der Waals surface area (Å²) in [6.07, 6.45) is 10.00. The van der Waals surface area contributed by atoms with E-state index in [0.717, 1.165) is 12.0 Å². The standard InChI is InChI=1S/C14H16O3.2C14H12/c1-9(2)14(15)17-8-10-4-5-12-11(6-10)7-13(12)16-3;1-2-10-3-7-14-12(9-10)5-4-11-6-8-13(11)14;1-2-10-3-4-13-8-11-5-6-12(11)9-14(13)7-10/h4-6,13H,1,7-8H2,2-3H3;2-5,7,9H,1,6,8H2;2-4,7-9H,1,5-6H2. The molecule has 8 rings (SSSR count). The second-order valence-electron chi connectivity index (χ2n) is 12.1. The molecule has 0 spiro atoms. The van der Waals surface area contributed by atoms with Crippen LogP contribution in [0.15, 0.2) is 104 Å². The van der Waals surface area contributed by atoms with Gasteiger partial charge in [-0.3, -0.25) is 0 Å². The third-order valence-electron chi connectivity index (χ3n) is 9.18. The molecule has 5 aromatic rings. The summed E-state index contributed by atoms with van der Waals surface area (Å²) in [6, 6.07) is 28.3. The molecule has 0 fully saturated rings. The van der Waals surface area contributed by atoms with Gasteiger partial charge >= 0.3 is 5.97 Å². The fraction of sp³-hybridized carbons (Fsp3) is 0.214. The van der Waals surface area contributed by atoms with Crippen LogP contribution in [0.4, 0.5) is 0 Å². The Morgan fingerprint density at radius 3 is 2.04 bits per heavy atom. The van der Waals surface area contributed by atoms with Crippen LogP contribution in [-0.2, 0) is 53.0 Å². The summed E-state index contributed by atoms with van der Waals surface area (Å²) in [6.45, 7) is 13.1. The summed E-state index contributed by atoms with van der Waals surface area (Å²) in [5, 5.41) is 5.48. The van der Waals surface area contributed by atoms with Crippen molar-refractivity contribution in [3.63, 3.8) is 0 Å². The van der Waals surface area contributed by atoms with Gasteiger partial charge in [-0.05, 0) is 116 Å². The lowest BCUT2D eigenvalue weighted by atomic mass is 9.84. The van der Waals surface area contributed by atoms with Crippen LogP contribution in [0.1, 0.15) is 63.1 Å². The Labute approximate surface area is 266 Å². The Hall–Kier alpha value is -4.73. The second kappa shape index (κ2) is 13.1. The van der Waals surface area contributed by atoms with E-state index in [0.29, 0.717) is 12.2 Å². The Balaban J connectivity index is 0.000000120. The maximum absolute atomic E-state index is 11.2. The molecule has 3 aliphatic carbocycles. The van der Waals surface area contributed by atoms with E-state index in [9.17, 15) is 4.79 Å². The molecule has 5 aromatic carbocycles. The topological polar surface area (TPSA) is 35.5 Å². The van der Waals surface area contributed by atoms with Gasteiger partial charge in [0.05, 0.1) is 6.10 Å². The number of carbonyl (C=O) groups excluding carboxylic acids is 1. The van der Waals surface area contributed by atoms with E-state index in [1.807, 2.05) is 24.3 Å². The molecule has 0 saturated carbocycles. The van der Waals surface area contributed by atoms with Gasteiger partial charge < -0.3 is 9.47 Å². The van der Waals surface area contributed by atoms with Crippen LogP contribution in [-0.4, -0.2) is 13.1 Å². The fourth-order valence-corrected chi connectivity index (χ4v) is 6.19. The van der Waals surface area contributed by atoms with Crippen LogP contribution in [0.2, 0.25) is 0 Å². The Bertz CT molecular complexity index is 1950. The highest BCUT2D eigenvalue weighted by Crippen LogP contribution is 2.36. The second-order valence-corrected chi connectivity index (χ2v) is 12.1. The molecule has 1 atom stereocenters. The molecule has 226 valence electrons. The normalized spacial score (nSPS) is 14.8.